The van der Waals surface area contributed by atoms with Gasteiger partial charge in [0.05, 0.1) is 0 Å². The lowest BCUT2D eigenvalue weighted by Crippen LogP contribution is -2.49. The lowest BCUT2D eigenvalue weighted by atomic mass is 9.96. The van der Waals surface area contributed by atoms with Crippen molar-refractivity contribution >= 4 is 36.0 Å². The predicted molar refractivity (Wildman–Crippen MR) is 143 cm³/mol. The van der Waals surface area contributed by atoms with Gasteiger partial charge in [0.15, 0.2) is 5.96 Å². The molecule has 32 heavy (non-hydrogen) atoms. The van der Waals surface area contributed by atoms with Gasteiger partial charge in [-0.25, -0.2) is 4.79 Å². The molecule has 8 nitrogen and oxygen atoms in total. The second-order valence-corrected chi connectivity index (χ2v) is 9.92. The summed E-state index contributed by atoms with van der Waals surface area (Å²) in [5.41, 5.74) is -0.449. The smallest absolute Gasteiger partial charge is 0.410 e. The Hall–Kier alpha value is -0.810. The summed E-state index contributed by atoms with van der Waals surface area (Å²) in [6.45, 7) is 17.9. The zero-order chi connectivity index (χ0) is 22.9. The van der Waals surface area contributed by atoms with Crippen LogP contribution in [0.5, 0.6) is 0 Å². The molecule has 0 aliphatic carbocycles. The minimum Gasteiger partial charge on any atom is -0.444 e. The second kappa shape index (κ2) is 14.5. The number of aliphatic imine (C=N–C) groups is 1. The van der Waals surface area contributed by atoms with E-state index in [1.54, 1.807) is 0 Å². The van der Waals surface area contributed by atoms with Crippen molar-refractivity contribution < 1.29 is 9.53 Å². The fraction of sp³-hybridized carbons (Fsp3) is 0.913. The number of likely N-dealkylation sites (N-methyl/N-ethyl adjacent to an activating group) is 1. The number of piperidine rings is 1. The molecule has 0 unspecified atom stereocenters. The second-order valence-electron chi connectivity index (χ2n) is 9.92. The number of hydrogen-bond acceptors (Lipinski definition) is 5. The van der Waals surface area contributed by atoms with Gasteiger partial charge in [0.2, 0.25) is 0 Å². The Kier molecular flexibility index (Phi) is 13.2. The highest BCUT2D eigenvalue weighted by Gasteiger charge is 2.27. The number of amides is 1. The number of hydrogen-bond donors (Lipinski definition) is 1. The van der Waals surface area contributed by atoms with Crippen LogP contribution in [0.25, 0.3) is 0 Å². The lowest BCUT2D eigenvalue weighted by molar-refractivity contribution is 0.0214. The van der Waals surface area contributed by atoms with Crippen molar-refractivity contribution in [2.75, 3.05) is 79.5 Å². The standard InChI is InChI=1S/C23H46N6O2.HI/c1-7-28(22(30)31-23(2,3)4)19-20-9-14-29(15-10-20)21(24-5)25-11-16-27-13-8-12-26(6)17-18-27;/h20H,7-19H2,1-6H3,(H,24,25);1H. The molecule has 2 rings (SSSR count). The number of carbonyl (C=O) groups is 1. The zero-order valence-electron chi connectivity index (χ0n) is 21.2. The van der Waals surface area contributed by atoms with E-state index >= 15 is 0 Å². The molecular formula is C23H47IN6O2. The van der Waals surface area contributed by atoms with Gasteiger partial charge in [-0.3, -0.25) is 4.99 Å². The van der Waals surface area contributed by atoms with Crippen LogP contribution in [0.15, 0.2) is 4.99 Å². The molecule has 2 fully saturated rings. The molecule has 0 atom stereocenters. The maximum absolute atomic E-state index is 12.4. The van der Waals surface area contributed by atoms with Crippen LogP contribution in [0, 0.1) is 5.92 Å². The van der Waals surface area contributed by atoms with Crippen LogP contribution < -0.4 is 5.32 Å². The third kappa shape index (κ3) is 10.4. The first-order valence-corrected chi connectivity index (χ1v) is 12.1. The Labute approximate surface area is 213 Å². The van der Waals surface area contributed by atoms with Crippen molar-refractivity contribution in [1.82, 2.24) is 24.9 Å². The SMILES string of the molecule is CCN(CC1CCN(C(=NC)NCCN2CCCN(C)CC2)CC1)C(=O)OC(C)(C)C.I. The largest absolute Gasteiger partial charge is 0.444 e. The fourth-order valence-corrected chi connectivity index (χ4v) is 4.28. The summed E-state index contributed by atoms with van der Waals surface area (Å²) in [4.78, 5) is 26.1. The van der Waals surface area contributed by atoms with E-state index in [0.29, 0.717) is 12.5 Å². The van der Waals surface area contributed by atoms with Gasteiger partial charge in [-0.15, -0.1) is 24.0 Å². The first-order valence-electron chi connectivity index (χ1n) is 12.1. The summed E-state index contributed by atoms with van der Waals surface area (Å²) >= 11 is 0. The molecule has 1 N–H and O–H groups in total. The van der Waals surface area contributed by atoms with E-state index in [1.165, 1.54) is 19.5 Å². The number of nitrogens with one attached hydrogen (secondary N) is 1. The molecule has 0 aromatic heterocycles. The molecule has 2 saturated heterocycles. The lowest BCUT2D eigenvalue weighted by Gasteiger charge is -2.36. The van der Waals surface area contributed by atoms with Gasteiger partial charge in [-0.1, -0.05) is 0 Å². The number of nitrogens with zero attached hydrogens (tertiary/aromatic N) is 5. The highest BCUT2D eigenvalue weighted by atomic mass is 127. The normalized spacial score (nSPS) is 19.8. The van der Waals surface area contributed by atoms with E-state index in [4.69, 9.17) is 4.74 Å². The van der Waals surface area contributed by atoms with Gasteiger partial charge in [-0.2, -0.15) is 0 Å². The summed E-state index contributed by atoms with van der Waals surface area (Å²) in [5, 5.41) is 3.56. The third-order valence-corrected chi connectivity index (χ3v) is 6.16. The van der Waals surface area contributed by atoms with Crippen LogP contribution in [-0.2, 0) is 4.74 Å². The molecule has 0 saturated carbocycles. The van der Waals surface area contributed by atoms with Gasteiger partial charge < -0.3 is 29.7 Å². The van der Waals surface area contributed by atoms with Gasteiger partial charge in [0.25, 0.3) is 0 Å². The van der Waals surface area contributed by atoms with Crippen LogP contribution in [0.3, 0.4) is 0 Å². The third-order valence-electron chi connectivity index (χ3n) is 6.16. The van der Waals surface area contributed by atoms with Gasteiger partial charge in [0, 0.05) is 59.4 Å². The predicted octanol–water partition coefficient (Wildman–Crippen LogP) is 2.79. The number of rotatable bonds is 6. The fourth-order valence-electron chi connectivity index (χ4n) is 4.28. The highest BCUT2D eigenvalue weighted by Crippen LogP contribution is 2.20. The van der Waals surface area contributed by atoms with Gasteiger partial charge >= 0.3 is 6.09 Å². The molecule has 0 aromatic rings. The van der Waals surface area contributed by atoms with Crippen molar-refractivity contribution in [2.45, 2.75) is 52.6 Å². The van der Waals surface area contributed by atoms with Crippen LogP contribution in [0.2, 0.25) is 0 Å². The Balaban J connectivity index is 0.00000512. The molecule has 0 aromatic carbocycles. The Morgan fingerprint density at radius 1 is 1.12 bits per heavy atom. The van der Waals surface area contributed by atoms with Gasteiger partial charge in [0.1, 0.15) is 5.60 Å². The molecule has 0 spiro atoms. The minimum atomic E-state index is -0.449. The molecule has 9 heteroatoms. The Morgan fingerprint density at radius 3 is 2.41 bits per heavy atom. The molecule has 188 valence electrons. The number of likely N-dealkylation sites (tertiary alicyclic amines) is 1. The summed E-state index contributed by atoms with van der Waals surface area (Å²) < 4.78 is 5.56. The van der Waals surface area contributed by atoms with Crippen molar-refractivity contribution in [3.05, 3.63) is 0 Å². The van der Waals surface area contributed by atoms with Gasteiger partial charge in [-0.05, 0) is 73.0 Å². The highest BCUT2D eigenvalue weighted by molar-refractivity contribution is 14.0. The van der Waals surface area contributed by atoms with Crippen molar-refractivity contribution in [3.8, 4) is 0 Å². The van der Waals surface area contributed by atoms with Crippen molar-refractivity contribution in [2.24, 2.45) is 10.9 Å². The molecule has 2 aliphatic heterocycles. The molecule has 1 amide bonds. The van der Waals surface area contributed by atoms with E-state index in [9.17, 15) is 4.79 Å². The molecule has 0 bridgehead atoms. The summed E-state index contributed by atoms with van der Waals surface area (Å²) in [7, 11) is 4.08. The Morgan fingerprint density at radius 2 is 1.81 bits per heavy atom. The average molecular weight is 567 g/mol. The summed E-state index contributed by atoms with van der Waals surface area (Å²) in [5.74, 6) is 1.51. The molecular weight excluding hydrogens is 519 g/mol. The topological polar surface area (TPSA) is 63.7 Å². The van der Waals surface area contributed by atoms with Crippen molar-refractivity contribution in [3.63, 3.8) is 0 Å². The molecule has 2 aliphatic rings. The van der Waals surface area contributed by atoms with E-state index in [-0.39, 0.29) is 30.1 Å². The quantitative estimate of drug-likeness (QED) is 0.303. The zero-order valence-corrected chi connectivity index (χ0v) is 23.6. The van der Waals surface area contributed by atoms with Crippen LogP contribution in [-0.4, -0.2) is 117 Å². The average Bonchev–Trinajstić information content (AvgIpc) is 2.93. The molecule has 0 radical (unpaired) electrons. The van der Waals surface area contributed by atoms with E-state index < -0.39 is 5.60 Å². The number of ether oxygens (including phenoxy) is 1. The number of guanidine groups is 1. The number of halogens is 1. The first-order chi connectivity index (χ1) is 14.7. The monoisotopic (exact) mass is 566 g/mol. The van der Waals surface area contributed by atoms with Crippen LogP contribution in [0.4, 0.5) is 4.79 Å². The van der Waals surface area contributed by atoms with Crippen LogP contribution in [0.1, 0.15) is 47.0 Å². The van der Waals surface area contributed by atoms with Crippen LogP contribution >= 0.6 is 24.0 Å². The maximum atomic E-state index is 12.4. The Bertz CT molecular complexity index is 575. The summed E-state index contributed by atoms with van der Waals surface area (Å²) in [6, 6.07) is 0. The van der Waals surface area contributed by atoms with E-state index in [2.05, 4.69) is 32.1 Å². The first kappa shape index (κ1) is 29.2. The number of carbonyl (C=O) groups excluding carboxylic acids is 1. The minimum absolute atomic E-state index is 0. The maximum Gasteiger partial charge on any atom is 0.410 e. The van der Waals surface area contributed by atoms with Crippen molar-refractivity contribution in [1.29, 1.82) is 0 Å². The molecule has 2 heterocycles. The van der Waals surface area contributed by atoms with E-state index in [1.807, 2.05) is 39.6 Å². The summed E-state index contributed by atoms with van der Waals surface area (Å²) in [6.07, 6.45) is 3.18. The van der Waals surface area contributed by atoms with E-state index in [0.717, 1.165) is 64.6 Å².